The van der Waals surface area contributed by atoms with Crippen molar-refractivity contribution < 1.29 is 19.1 Å². The van der Waals surface area contributed by atoms with E-state index in [9.17, 15) is 9.59 Å². The van der Waals surface area contributed by atoms with Crippen LogP contribution in [-0.2, 0) is 26.9 Å². The largest absolute Gasteiger partial charge is 0.464 e. The lowest BCUT2D eigenvalue weighted by Gasteiger charge is -2.43. The highest BCUT2D eigenvalue weighted by atomic mass is 16.6. The fourth-order valence-corrected chi connectivity index (χ4v) is 4.69. The van der Waals surface area contributed by atoms with Crippen LogP contribution in [0.2, 0.25) is 0 Å². The van der Waals surface area contributed by atoms with Crippen LogP contribution in [0.4, 0.5) is 0 Å². The van der Waals surface area contributed by atoms with Crippen molar-refractivity contribution in [2.24, 2.45) is 7.05 Å². The summed E-state index contributed by atoms with van der Waals surface area (Å²) >= 11 is 0. The predicted octanol–water partition coefficient (Wildman–Crippen LogP) is 3.55. The first kappa shape index (κ1) is 22.7. The summed E-state index contributed by atoms with van der Waals surface area (Å²) in [6, 6.07) is 19.3. The Labute approximate surface area is 194 Å². The van der Waals surface area contributed by atoms with Crippen molar-refractivity contribution in [3.63, 3.8) is 0 Å². The third-order valence-corrected chi connectivity index (χ3v) is 6.12. The van der Waals surface area contributed by atoms with Gasteiger partial charge in [-0.1, -0.05) is 60.7 Å². The van der Waals surface area contributed by atoms with E-state index in [1.54, 1.807) is 23.9 Å². The number of carbonyl (C=O) groups excluding carboxylic acids is 2. The molecule has 2 aromatic carbocycles. The first-order valence-electron chi connectivity index (χ1n) is 11.3. The van der Waals surface area contributed by atoms with Gasteiger partial charge in [-0.15, -0.1) is 0 Å². The zero-order valence-electron chi connectivity index (χ0n) is 19.0. The second-order valence-electron chi connectivity index (χ2n) is 8.08. The number of amides is 1. The summed E-state index contributed by atoms with van der Waals surface area (Å²) < 4.78 is 13.4. The minimum atomic E-state index is -1.05. The Bertz CT molecular complexity index is 1040. The molecule has 0 aliphatic carbocycles. The maximum Gasteiger partial charge on any atom is 0.332 e. The van der Waals surface area contributed by atoms with E-state index < -0.39 is 11.6 Å². The van der Waals surface area contributed by atoms with Crippen LogP contribution in [0.1, 0.15) is 41.5 Å². The van der Waals surface area contributed by atoms with E-state index in [0.717, 1.165) is 24.0 Å². The van der Waals surface area contributed by atoms with Gasteiger partial charge in [-0.2, -0.15) is 0 Å². The van der Waals surface area contributed by atoms with Gasteiger partial charge in [0, 0.05) is 26.0 Å². The fourth-order valence-electron chi connectivity index (χ4n) is 4.69. The molecule has 3 aromatic rings. The van der Waals surface area contributed by atoms with Gasteiger partial charge in [0.2, 0.25) is 0 Å². The molecule has 1 saturated heterocycles. The van der Waals surface area contributed by atoms with Gasteiger partial charge in [-0.25, -0.2) is 9.78 Å². The molecular weight excluding hydrogens is 418 g/mol. The SMILES string of the molecule is CCOC(=O)COC(c1ccccc1)(c1ccccc1)[C@H]1CCCN1C(=O)c1nccn1C. The molecule has 1 amide bonds. The molecule has 0 spiro atoms. The third kappa shape index (κ3) is 4.41. The summed E-state index contributed by atoms with van der Waals surface area (Å²) in [6.45, 7) is 2.40. The summed E-state index contributed by atoms with van der Waals surface area (Å²) in [5, 5.41) is 0. The monoisotopic (exact) mass is 447 g/mol. The van der Waals surface area contributed by atoms with E-state index in [2.05, 4.69) is 4.98 Å². The number of benzene rings is 2. The number of rotatable bonds is 8. The lowest BCUT2D eigenvalue weighted by Crippen LogP contribution is -2.53. The molecule has 1 atom stereocenters. The lowest BCUT2D eigenvalue weighted by atomic mass is 9.78. The van der Waals surface area contributed by atoms with Gasteiger partial charge in [-0.05, 0) is 30.9 Å². The Balaban J connectivity index is 1.84. The predicted molar refractivity (Wildman–Crippen MR) is 124 cm³/mol. The minimum absolute atomic E-state index is 0.152. The molecule has 1 aliphatic heterocycles. The maximum absolute atomic E-state index is 13.6. The third-order valence-electron chi connectivity index (χ3n) is 6.12. The molecule has 4 rings (SSSR count). The summed E-state index contributed by atoms with van der Waals surface area (Å²) in [4.78, 5) is 32.1. The molecule has 7 heteroatoms. The van der Waals surface area contributed by atoms with Crippen LogP contribution in [-0.4, -0.2) is 52.1 Å². The number of carbonyl (C=O) groups is 2. The Morgan fingerprint density at radius 3 is 2.24 bits per heavy atom. The Morgan fingerprint density at radius 1 is 1.06 bits per heavy atom. The van der Waals surface area contributed by atoms with E-state index in [0.29, 0.717) is 12.4 Å². The van der Waals surface area contributed by atoms with Crippen molar-refractivity contribution in [3.05, 3.63) is 90.0 Å². The number of imidazole rings is 1. The van der Waals surface area contributed by atoms with Gasteiger partial charge in [0.1, 0.15) is 12.2 Å². The quantitative estimate of drug-likeness (QED) is 0.494. The van der Waals surface area contributed by atoms with Crippen molar-refractivity contribution >= 4 is 11.9 Å². The van der Waals surface area contributed by atoms with Crippen LogP contribution in [0.3, 0.4) is 0 Å². The molecule has 1 aromatic heterocycles. The summed E-state index contributed by atoms with van der Waals surface area (Å²) in [5.41, 5.74) is 0.710. The number of aromatic nitrogens is 2. The van der Waals surface area contributed by atoms with Crippen molar-refractivity contribution in [2.45, 2.75) is 31.4 Å². The lowest BCUT2D eigenvalue weighted by molar-refractivity contribution is -0.157. The maximum atomic E-state index is 13.6. The van der Waals surface area contributed by atoms with Crippen LogP contribution in [0.25, 0.3) is 0 Å². The van der Waals surface area contributed by atoms with Crippen molar-refractivity contribution in [1.82, 2.24) is 14.5 Å². The number of aryl methyl sites for hydroxylation is 1. The van der Waals surface area contributed by atoms with Crippen LogP contribution in [0.15, 0.2) is 73.1 Å². The van der Waals surface area contributed by atoms with Gasteiger partial charge in [0.05, 0.1) is 12.6 Å². The number of hydrogen-bond donors (Lipinski definition) is 0. The normalized spacial score (nSPS) is 16.1. The number of likely N-dealkylation sites (tertiary alicyclic amines) is 1. The van der Waals surface area contributed by atoms with Gasteiger partial charge in [-0.3, -0.25) is 4.79 Å². The van der Waals surface area contributed by atoms with E-state index in [1.165, 1.54) is 0 Å². The van der Waals surface area contributed by atoms with Crippen molar-refractivity contribution in [1.29, 1.82) is 0 Å². The fraction of sp³-hybridized carbons (Fsp3) is 0.346. The van der Waals surface area contributed by atoms with Crippen LogP contribution in [0.5, 0.6) is 0 Å². The molecular formula is C26H29N3O4. The second-order valence-corrected chi connectivity index (χ2v) is 8.08. The smallest absolute Gasteiger partial charge is 0.332 e. The van der Waals surface area contributed by atoms with Crippen molar-refractivity contribution in [3.8, 4) is 0 Å². The topological polar surface area (TPSA) is 73.7 Å². The average Bonchev–Trinajstić information content (AvgIpc) is 3.50. The standard InChI is InChI=1S/C26H29N3O4/c1-3-32-23(30)19-33-26(20-11-6-4-7-12-20,21-13-8-5-9-14-21)22-15-10-17-29(22)25(31)24-27-16-18-28(24)2/h4-9,11-14,16,18,22H,3,10,15,17,19H2,1-2H3/t22-/m1/s1. The van der Waals surface area contributed by atoms with Crippen LogP contribution >= 0.6 is 0 Å². The van der Waals surface area contributed by atoms with Gasteiger partial charge < -0.3 is 18.9 Å². The minimum Gasteiger partial charge on any atom is -0.464 e. The zero-order valence-corrected chi connectivity index (χ0v) is 19.0. The molecule has 1 aliphatic rings. The Hall–Kier alpha value is -3.45. The first-order valence-corrected chi connectivity index (χ1v) is 11.3. The number of esters is 1. The van der Waals surface area contributed by atoms with Gasteiger partial charge in [0.15, 0.2) is 5.82 Å². The van der Waals surface area contributed by atoms with Gasteiger partial charge >= 0.3 is 5.97 Å². The van der Waals surface area contributed by atoms with E-state index >= 15 is 0 Å². The highest BCUT2D eigenvalue weighted by Crippen LogP contribution is 2.44. The highest BCUT2D eigenvalue weighted by molar-refractivity contribution is 5.91. The number of ether oxygens (including phenoxy) is 2. The molecule has 0 bridgehead atoms. The highest BCUT2D eigenvalue weighted by Gasteiger charge is 2.50. The number of nitrogens with zero attached hydrogens (tertiary/aromatic N) is 3. The average molecular weight is 448 g/mol. The number of hydrogen-bond acceptors (Lipinski definition) is 5. The molecule has 0 N–H and O–H groups in total. The summed E-state index contributed by atoms with van der Waals surface area (Å²) in [5.74, 6) is -0.211. The molecule has 7 nitrogen and oxygen atoms in total. The van der Waals surface area contributed by atoms with E-state index in [-0.39, 0.29) is 25.2 Å². The van der Waals surface area contributed by atoms with Gasteiger partial charge in [0.25, 0.3) is 5.91 Å². The summed E-state index contributed by atoms with van der Waals surface area (Å²) in [7, 11) is 1.81. The Morgan fingerprint density at radius 2 is 1.70 bits per heavy atom. The molecule has 172 valence electrons. The molecule has 2 heterocycles. The molecule has 0 radical (unpaired) electrons. The molecule has 1 fully saturated rings. The summed E-state index contributed by atoms with van der Waals surface area (Å²) in [6.07, 6.45) is 4.93. The van der Waals surface area contributed by atoms with Crippen LogP contribution < -0.4 is 0 Å². The Kier molecular flexibility index (Phi) is 6.89. The van der Waals surface area contributed by atoms with Crippen molar-refractivity contribution in [2.75, 3.05) is 19.8 Å². The zero-order chi connectivity index (χ0) is 23.3. The first-order chi connectivity index (χ1) is 16.1. The molecule has 0 saturated carbocycles. The van der Waals surface area contributed by atoms with E-state index in [4.69, 9.17) is 9.47 Å². The molecule has 33 heavy (non-hydrogen) atoms. The van der Waals surface area contributed by atoms with Crippen LogP contribution in [0, 0.1) is 0 Å². The molecule has 0 unspecified atom stereocenters. The van der Waals surface area contributed by atoms with E-state index in [1.807, 2.05) is 72.6 Å². The second kappa shape index (κ2) is 10.0.